The molecule has 8 heteroatoms. The summed E-state index contributed by atoms with van der Waals surface area (Å²) in [7, 11) is 0. The SMILES string of the molecule is CC(C)(O)CCC(=O)c1cc(-c2ccc(C(F)(F)F)cc2)nc(Cl)n1. The third kappa shape index (κ3) is 5.51. The Kier molecular flexibility index (Phi) is 5.49. The van der Waals surface area contributed by atoms with Crippen LogP contribution in [0.4, 0.5) is 13.2 Å². The number of aliphatic hydroxyl groups is 1. The van der Waals surface area contributed by atoms with Crippen molar-refractivity contribution < 1.29 is 23.1 Å². The largest absolute Gasteiger partial charge is 0.416 e. The van der Waals surface area contributed by atoms with Gasteiger partial charge in [-0.05, 0) is 50.1 Å². The van der Waals surface area contributed by atoms with Crippen molar-refractivity contribution in [1.29, 1.82) is 0 Å². The van der Waals surface area contributed by atoms with Gasteiger partial charge in [-0.15, -0.1) is 0 Å². The molecule has 1 heterocycles. The maximum absolute atomic E-state index is 12.6. The lowest BCUT2D eigenvalue weighted by molar-refractivity contribution is -0.137. The Morgan fingerprint density at radius 2 is 1.76 bits per heavy atom. The molecule has 0 atom stereocenters. The summed E-state index contributed by atoms with van der Waals surface area (Å²) < 4.78 is 37.9. The van der Waals surface area contributed by atoms with Crippen molar-refractivity contribution >= 4 is 17.4 Å². The highest BCUT2D eigenvalue weighted by Crippen LogP contribution is 2.31. The first-order chi connectivity index (χ1) is 11.5. The van der Waals surface area contributed by atoms with Crippen molar-refractivity contribution in [3.63, 3.8) is 0 Å². The fraction of sp³-hybridized carbons (Fsp3) is 0.353. The summed E-state index contributed by atoms with van der Waals surface area (Å²) in [6, 6.07) is 5.75. The minimum absolute atomic E-state index is 0.0548. The van der Waals surface area contributed by atoms with E-state index in [1.54, 1.807) is 13.8 Å². The van der Waals surface area contributed by atoms with Crippen molar-refractivity contribution in [1.82, 2.24) is 9.97 Å². The first-order valence-corrected chi connectivity index (χ1v) is 7.81. The standard InChI is InChI=1S/C17H16ClF3N2O2/c1-16(2,25)8-7-14(24)13-9-12(22-15(18)23-13)10-3-5-11(6-4-10)17(19,20)21/h3-6,9,25H,7-8H2,1-2H3. The van der Waals surface area contributed by atoms with Gasteiger partial charge < -0.3 is 5.11 Å². The molecule has 0 aliphatic heterocycles. The molecule has 4 nitrogen and oxygen atoms in total. The number of hydrogen-bond acceptors (Lipinski definition) is 4. The lowest BCUT2D eigenvalue weighted by Gasteiger charge is -2.15. The topological polar surface area (TPSA) is 63.1 Å². The summed E-state index contributed by atoms with van der Waals surface area (Å²) in [5.41, 5.74) is -1.09. The van der Waals surface area contributed by atoms with Crippen molar-refractivity contribution in [2.45, 2.75) is 38.5 Å². The number of Topliss-reactive ketones (excluding diaryl/α,β-unsaturated/α-hetero) is 1. The Hall–Kier alpha value is -1.99. The number of hydrogen-bond donors (Lipinski definition) is 1. The number of aromatic nitrogens is 2. The van der Waals surface area contributed by atoms with E-state index in [9.17, 15) is 23.1 Å². The van der Waals surface area contributed by atoms with Gasteiger partial charge in [-0.1, -0.05) is 12.1 Å². The highest BCUT2D eigenvalue weighted by Gasteiger charge is 2.30. The molecule has 1 aromatic carbocycles. The maximum Gasteiger partial charge on any atom is 0.416 e. The Bertz CT molecular complexity index is 769. The van der Waals surface area contributed by atoms with Crippen LogP contribution < -0.4 is 0 Å². The molecule has 0 bridgehead atoms. The zero-order chi connectivity index (χ0) is 18.8. The van der Waals surface area contributed by atoms with Crippen LogP contribution in [0.15, 0.2) is 30.3 Å². The van der Waals surface area contributed by atoms with E-state index in [2.05, 4.69) is 9.97 Å². The summed E-state index contributed by atoms with van der Waals surface area (Å²) >= 11 is 5.83. The van der Waals surface area contributed by atoms with Gasteiger partial charge in [0.2, 0.25) is 5.28 Å². The smallest absolute Gasteiger partial charge is 0.390 e. The molecule has 0 fully saturated rings. The van der Waals surface area contributed by atoms with Crippen molar-refractivity contribution in [2.75, 3.05) is 0 Å². The number of ketones is 1. The molecule has 0 saturated heterocycles. The van der Waals surface area contributed by atoms with Crippen molar-refractivity contribution in [3.8, 4) is 11.3 Å². The highest BCUT2D eigenvalue weighted by atomic mass is 35.5. The fourth-order valence-electron chi connectivity index (χ4n) is 2.09. The van der Waals surface area contributed by atoms with Crippen molar-refractivity contribution in [2.24, 2.45) is 0 Å². The summed E-state index contributed by atoms with van der Waals surface area (Å²) in [5.74, 6) is -0.334. The van der Waals surface area contributed by atoms with E-state index < -0.39 is 17.3 Å². The molecular weight excluding hydrogens is 357 g/mol. The summed E-state index contributed by atoms with van der Waals surface area (Å²) in [5, 5.41) is 9.51. The molecule has 0 unspecified atom stereocenters. The van der Waals surface area contributed by atoms with Gasteiger partial charge in [0.1, 0.15) is 5.69 Å². The van der Waals surface area contributed by atoms with Crippen LogP contribution in [0.5, 0.6) is 0 Å². The molecule has 0 radical (unpaired) electrons. The molecular formula is C17H16ClF3N2O2. The van der Waals surface area contributed by atoms with E-state index in [-0.39, 0.29) is 35.3 Å². The zero-order valence-corrected chi connectivity index (χ0v) is 14.3. The van der Waals surface area contributed by atoms with Crippen LogP contribution >= 0.6 is 11.6 Å². The quantitative estimate of drug-likeness (QED) is 0.617. The molecule has 25 heavy (non-hydrogen) atoms. The molecule has 0 aliphatic carbocycles. The highest BCUT2D eigenvalue weighted by molar-refractivity contribution is 6.28. The lowest BCUT2D eigenvalue weighted by atomic mass is 9.99. The number of carbonyl (C=O) groups excluding carboxylic acids is 1. The molecule has 0 spiro atoms. The first-order valence-electron chi connectivity index (χ1n) is 7.43. The molecule has 1 N–H and O–H groups in total. The maximum atomic E-state index is 12.6. The van der Waals surface area contributed by atoms with Gasteiger partial charge in [-0.25, -0.2) is 9.97 Å². The van der Waals surface area contributed by atoms with Gasteiger partial charge in [0.05, 0.1) is 16.9 Å². The second kappa shape index (κ2) is 7.09. The van der Waals surface area contributed by atoms with Gasteiger partial charge in [0, 0.05) is 12.0 Å². The third-order valence-corrected chi connectivity index (χ3v) is 3.63. The number of nitrogens with zero attached hydrogens (tertiary/aromatic N) is 2. The zero-order valence-electron chi connectivity index (χ0n) is 13.6. The van der Waals surface area contributed by atoms with Crippen molar-refractivity contribution in [3.05, 3.63) is 46.9 Å². The molecule has 0 amide bonds. The predicted octanol–water partition coefficient (Wildman–Crippen LogP) is 4.55. The van der Waals surface area contributed by atoms with Crippen LogP contribution in [0.25, 0.3) is 11.3 Å². The number of alkyl halides is 3. The van der Waals surface area contributed by atoms with Gasteiger partial charge >= 0.3 is 6.18 Å². The molecule has 0 saturated carbocycles. The molecule has 0 aliphatic rings. The lowest BCUT2D eigenvalue weighted by Crippen LogP contribution is -2.20. The van der Waals surface area contributed by atoms with E-state index in [1.807, 2.05) is 0 Å². The van der Waals surface area contributed by atoms with Crippen LogP contribution in [0.3, 0.4) is 0 Å². The van der Waals surface area contributed by atoms with Crippen LogP contribution in [0.1, 0.15) is 42.7 Å². The minimum atomic E-state index is -4.43. The Morgan fingerprint density at radius 1 is 1.16 bits per heavy atom. The van der Waals surface area contributed by atoms with E-state index >= 15 is 0 Å². The second-order valence-electron chi connectivity index (χ2n) is 6.22. The van der Waals surface area contributed by atoms with Crippen LogP contribution in [0, 0.1) is 0 Å². The van der Waals surface area contributed by atoms with E-state index in [0.29, 0.717) is 5.56 Å². The Morgan fingerprint density at radius 3 is 2.28 bits per heavy atom. The Labute approximate surface area is 147 Å². The van der Waals surface area contributed by atoms with Gasteiger partial charge in [0.25, 0.3) is 0 Å². The monoisotopic (exact) mass is 372 g/mol. The van der Waals surface area contributed by atoms with E-state index in [1.165, 1.54) is 18.2 Å². The summed E-state index contributed by atoms with van der Waals surface area (Å²) in [4.78, 5) is 20.0. The van der Waals surface area contributed by atoms with Gasteiger partial charge in [-0.3, -0.25) is 4.79 Å². The number of benzene rings is 1. The molecule has 2 aromatic rings. The van der Waals surface area contributed by atoms with E-state index in [4.69, 9.17) is 11.6 Å². The van der Waals surface area contributed by atoms with Gasteiger partial charge in [-0.2, -0.15) is 13.2 Å². The minimum Gasteiger partial charge on any atom is -0.390 e. The molecule has 134 valence electrons. The van der Waals surface area contributed by atoms with Crippen LogP contribution in [-0.4, -0.2) is 26.5 Å². The molecule has 1 aromatic heterocycles. The fourth-order valence-corrected chi connectivity index (χ4v) is 2.27. The average molecular weight is 373 g/mol. The summed E-state index contributed by atoms with van der Waals surface area (Å²) in [6.07, 6.45) is -4.13. The summed E-state index contributed by atoms with van der Waals surface area (Å²) in [6.45, 7) is 3.17. The normalized spacial score (nSPS) is 12.3. The number of carbonyl (C=O) groups is 1. The van der Waals surface area contributed by atoms with E-state index in [0.717, 1.165) is 12.1 Å². The van der Waals surface area contributed by atoms with Crippen LogP contribution in [-0.2, 0) is 6.18 Å². The second-order valence-corrected chi connectivity index (χ2v) is 6.56. The van der Waals surface area contributed by atoms with Crippen LogP contribution in [0.2, 0.25) is 5.28 Å². The Balaban J connectivity index is 2.28. The average Bonchev–Trinajstić information content (AvgIpc) is 2.50. The number of rotatable bonds is 5. The van der Waals surface area contributed by atoms with Gasteiger partial charge in [0.15, 0.2) is 5.78 Å². The predicted molar refractivity (Wildman–Crippen MR) is 87.3 cm³/mol. The third-order valence-electron chi connectivity index (χ3n) is 3.46. The first kappa shape index (κ1) is 19.3. The molecule has 2 rings (SSSR count). The number of halogens is 4.